The number of carbonyl (C=O) groups is 1. The Labute approximate surface area is 146 Å². The van der Waals surface area contributed by atoms with Gasteiger partial charge in [-0.2, -0.15) is 18.3 Å². The molecular formula is C18H13F4N3O. The Bertz CT molecular complexity index is 946. The lowest BCUT2D eigenvalue weighted by Gasteiger charge is -2.10. The summed E-state index contributed by atoms with van der Waals surface area (Å²) >= 11 is 0. The highest BCUT2D eigenvalue weighted by atomic mass is 19.4. The van der Waals surface area contributed by atoms with E-state index in [1.807, 2.05) is 0 Å². The molecule has 3 rings (SSSR count). The second kappa shape index (κ2) is 6.62. The zero-order valence-corrected chi connectivity index (χ0v) is 13.5. The molecule has 1 amide bonds. The number of hydrogen-bond acceptors (Lipinski definition) is 2. The van der Waals surface area contributed by atoms with Crippen LogP contribution in [-0.4, -0.2) is 15.7 Å². The van der Waals surface area contributed by atoms with Crippen LogP contribution < -0.4 is 5.32 Å². The van der Waals surface area contributed by atoms with Crippen molar-refractivity contribution in [1.29, 1.82) is 0 Å². The maximum atomic E-state index is 13.0. The Morgan fingerprint density at radius 2 is 1.81 bits per heavy atom. The van der Waals surface area contributed by atoms with Crippen molar-refractivity contribution in [2.75, 3.05) is 5.32 Å². The van der Waals surface area contributed by atoms with Gasteiger partial charge in [-0.25, -0.2) is 9.07 Å². The molecule has 0 atom stereocenters. The molecule has 0 fully saturated rings. The zero-order chi connectivity index (χ0) is 18.9. The van der Waals surface area contributed by atoms with Gasteiger partial charge in [0, 0.05) is 5.69 Å². The van der Waals surface area contributed by atoms with Crippen molar-refractivity contribution < 1.29 is 22.4 Å². The molecule has 0 saturated heterocycles. The maximum Gasteiger partial charge on any atom is 0.416 e. The van der Waals surface area contributed by atoms with E-state index in [1.54, 1.807) is 6.92 Å². The van der Waals surface area contributed by atoms with E-state index in [0.717, 1.165) is 12.1 Å². The number of nitrogens with one attached hydrogen (secondary N) is 1. The van der Waals surface area contributed by atoms with Crippen molar-refractivity contribution in [1.82, 2.24) is 9.78 Å². The fourth-order valence-corrected chi connectivity index (χ4v) is 2.45. The van der Waals surface area contributed by atoms with Crippen LogP contribution in [-0.2, 0) is 6.18 Å². The largest absolute Gasteiger partial charge is 0.416 e. The molecule has 0 saturated carbocycles. The van der Waals surface area contributed by atoms with Crippen LogP contribution >= 0.6 is 0 Å². The summed E-state index contributed by atoms with van der Waals surface area (Å²) in [6.07, 6.45) is -3.19. The predicted octanol–water partition coefficient (Wildman–Crippen LogP) is 4.59. The van der Waals surface area contributed by atoms with Crippen molar-refractivity contribution in [2.24, 2.45) is 0 Å². The van der Waals surface area contributed by atoms with E-state index in [2.05, 4.69) is 10.4 Å². The van der Waals surface area contributed by atoms with Gasteiger partial charge in [-0.15, -0.1) is 0 Å². The minimum Gasteiger partial charge on any atom is -0.322 e. The molecule has 3 aromatic rings. The van der Waals surface area contributed by atoms with Gasteiger partial charge in [-0.3, -0.25) is 4.79 Å². The highest BCUT2D eigenvalue weighted by molar-refractivity contribution is 6.05. The first-order valence-electron chi connectivity index (χ1n) is 7.55. The molecule has 1 heterocycles. The second-order valence-electron chi connectivity index (χ2n) is 5.56. The first-order valence-corrected chi connectivity index (χ1v) is 7.55. The Hall–Kier alpha value is -3.16. The van der Waals surface area contributed by atoms with Crippen molar-refractivity contribution in [3.05, 3.63) is 77.4 Å². The van der Waals surface area contributed by atoms with Crippen molar-refractivity contribution >= 4 is 11.6 Å². The molecule has 4 nitrogen and oxygen atoms in total. The van der Waals surface area contributed by atoms with E-state index < -0.39 is 23.5 Å². The van der Waals surface area contributed by atoms with Gasteiger partial charge >= 0.3 is 6.18 Å². The van der Waals surface area contributed by atoms with Crippen LogP contribution in [0.15, 0.2) is 54.7 Å². The average Bonchev–Trinajstić information content (AvgIpc) is 2.97. The topological polar surface area (TPSA) is 46.9 Å². The summed E-state index contributed by atoms with van der Waals surface area (Å²) in [7, 11) is 0. The molecule has 1 N–H and O–H groups in total. The smallest absolute Gasteiger partial charge is 0.322 e. The number of aromatic nitrogens is 2. The zero-order valence-electron chi connectivity index (χ0n) is 13.5. The van der Waals surface area contributed by atoms with Gasteiger partial charge in [-0.1, -0.05) is 6.07 Å². The lowest BCUT2D eigenvalue weighted by molar-refractivity contribution is -0.137. The molecule has 0 radical (unpaired) electrons. The van der Waals surface area contributed by atoms with Gasteiger partial charge < -0.3 is 5.32 Å². The van der Waals surface area contributed by atoms with Gasteiger partial charge in [0.1, 0.15) is 5.82 Å². The molecule has 26 heavy (non-hydrogen) atoms. The molecule has 0 aliphatic rings. The second-order valence-corrected chi connectivity index (χ2v) is 5.56. The normalized spacial score (nSPS) is 11.4. The number of amides is 1. The fraction of sp³-hybridized carbons (Fsp3) is 0.111. The Kier molecular flexibility index (Phi) is 4.50. The van der Waals surface area contributed by atoms with Gasteiger partial charge in [0.05, 0.1) is 28.7 Å². The van der Waals surface area contributed by atoms with Gasteiger partial charge in [0.2, 0.25) is 0 Å². The third-order valence-corrected chi connectivity index (χ3v) is 3.77. The third kappa shape index (κ3) is 3.58. The molecule has 0 spiro atoms. The van der Waals surface area contributed by atoms with E-state index in [9.17, 15) is 22.4 Å². The lowest BCUT2D eigenvalue weighted by atomic mass is 10.2. The molecule has 2 aromatic carbocycles. The molecule has 8 heteroatoms. The molecule has 0 unspecified atom stereocenters. The van der Waals surface area contributed by atoms with E-state index in [0.29, 0.717) is 11.4 Å². The third-order valence-electron chi connectivity index (χ3n) is 3.77. The molecule has 134 valence electrons. The molecule has 1 aromatic heterocycles. The van der Waals surface area contributed by atoms with Crippen LogP contribution in [0.3, 0.4) is 0 Å². The standard InChI is InChI=1S/C18H13F4N3O/c1-11-16(10-23-25(11)15-7-5-13(19)6-8-15)17(26)24-14-4-2-3-12(9-14)18(20,21)22/h2-10H,1H3,(H,24,26). The summed E-state index contributed by atoms with van der Waals surface area (Å²) in [6.45, 7) is 1.64. The lowest BCUT2D eigenvalue weighted by Crippen LogP contribution is -2.14. The first-order chi connectivity index (χ1) is 12.3. The summed E-state index contributed by atoms with van der Waals surface area (Å²) in [5.41, 5.74) is 0.405. The van der Waals surface area contributed by atoms with Crippen LogP contribution in [0.2, 0.25) is 0 Å². The number of carbonyl (C=O) groups excluding carboxylic acids is 1. The minimum absolute atomic E-state index is 0.0266. The van der Waals surface area contributed by atoms with E-state index in [1.165, 1.54) is 47.3 Å². The Balaban J connectivity index is 1.84. The summed E-state index contributed by atoms with van der Waals surface area (Å²) < 4.78 is 52.7. The van der Waals surface area contributed by atoms with Crippen LogP contribution in [0.1, 0.15) is 21.6 Å². The highest BCUT2D eigenvalue weighted by Gasteiger charge is 2.30. The number of rotatable bonds is 3. The van der Waals surface area contributed by atoms with Crippen molar-refractivity contribution in [3.8, 4) is 5.69 Å². The molecule has 0 bridgehead atoms. The average molecular weight is 363 g/mol. The van der Waals surface area contributed by atoms with Crippen molar-refractivity contribution in [3.63, 3.8) is 0 Å². The van der Waals surface area contributed by atoms with Crippen LogP contribution in [0, 0.1) is 12.7 Å². The summed E-state index contributed by atoms with van der Waals surface area (Å²) in [4.78, 5) is 12.4. The van der Waals surface area contributed by atoms with E-state index in [4.69, 9.17) is 0 Å². The number of alkyl halides is 3. The minimum atomic E-state index is -4.50. The SMILES string of the molecule is Cc1c(C(=O)Nc2cccc(C(F)(F)F)c2)cnn1-c1ccc(F)cc1. The monoisotopic (exact) mass is 363 g/mol. The Morgan fingerprint density at radius 3 is 2.46 bits per heavy atom. The van der Waals surface area contributed by atoms with Gasteiger partial charge in [-0.05, 0) is 49.4 Å². The molecule has 0 aliphatic heterocycles. The molecular weight excluding hydrogens is 350 g/mol. The van der Waals surface area contributed by atoms with E-state index in [-0.39, 0.29) is 11.3 Å². The highest BCUT2D eigenvalue weighted by Crippen LogP contribution is 2.30. The van der Waals surface area contributed by atoms with Crippen LogP contribution in [0.4, 0.5) is 23.2 Å². The summed E-state index contributed by atoms with van der Waals surface area (Å²) in [6, 6.07) is 9.90. The van der Waals surface area contributed by atoms with Crippen LogP contribution in [0.25, 0.3) is 5.69 Å². The number of anilines is 1. The summed E-state index contributed by atoms with van der Waals surface area (Å²) in [5.74, 6) is -0.990. The number of nitrogens with zero attached hydrogens (tertiary/aromatic N) is 2. The maximum absolute atomic E-state index is 13.0. The van der Waals surface area contributed by atoms with Gasteiger partial charge in [0.25, 0.3) is 5.91 Å². The van der Waals surface area contributed by atoms with Gasteiger partial charge in [0.15, 0.2) is 0 Å². The number of benzene rings is 2. The number of hydrogen-bond donors (Lipinski definition) is 1. The Morgan fingerprint density at radius 1 is 1.12 bits per heavy atom. The summed E-state index contributed by atoms with van der Waals surface area (Å²) in [5, 5.41) is 6.52. The molecule has 0 aliphatic carbocycles. The van der Waals surface area contributed by atoms with E-state index >= 15 is 0 Å². The first kappa shape index (κ1) is 17.7. The fourth-order valence-electron chi connectivity index (χ4n) is 2.45. The van der Waals surface area contributed by atoms with Crippen molar-refractivity contribution in [2.45, 2.75) is 13.1 Å². The quantitative estimate of drug-likeness (QED) is 0.692. The van der Waals surface area contributed by atoms with Crippen LogP contribution in [0.5, 0.6) is 0 Å². The number of halogens is 4. The predicted molar refractivity (Wildman–Crippen MR) is 87.7 cm³/mol.